The van der Waals surface area contributed by atoms with Crippen LogP contribution in [-0.2, 0) is 6.42 Å². The highest BCUT2D eigenvalue weighted by Gasteiger charge is 2.15. The van der Waals surface area contributed by atoms with Crippen LogP contribution < -0.4 is 5.32 Å². The number of hydrogen-bond acceptors (Lipinski definition) is 5. The molecular weight excluding hydrogens is 372 g/mol. The van der Waals surface area contributed by atoms with Gasteiger partial charge in [0, 0.05) is 25.2 Å². The van der Waals surface area contributed by atoms with E-state index >= 15 is 0 Å². The number of aromatic carboxylic acids is 1. The van der Waals surface area contributed by atoms with E-state index in [9.17, 15) is 19.8 Å². The summed E-state index contributed by atoms with van der Waals surface area (Å²) in [5.41, 5.74) is 1.96. The SMILES string of the molecule is CC(C)N(C)C(=O)c1ccc(C(O)CNCCc2ccc(C(=O)O)c(O)c2)cc1. The van der Waals surface area contributed by atoms with Gasteiger partial charge in [-0.2, -0.15) is 0 Å². The quantitative estimate of drug-likeness (QED) is 0.481. The summed E-state index contributed by atoms with van der Waals surface area (Å²) in [6.45, 7) is 4.78. The fraction of sp³-hybridized carbons (Fsp3) is 0.364. The maximum absolute atomic E-state index is 12.3. The van der Waals surface area contributed by atoms with Crippen LogP contribution in [0.15, 0.2) is 42.5 Å². The minimum absolute atomic E-state index is 0.0589. The average molecular weight is 400 g/mol. The molecule has 0 heterocycles. The third-order valence-corrected chi connectivity index (χ3v) is 4.86. The van der Waals surface area contributed by atoms with Crippen molar-refractivity contribution in [2.45, 2.75) is 32.4 Å². The summed E-state index contributed by atoms with van der Waals surface area (Å²) < 4.78 is 0. The molecule has 2 aromatic carbocycles. The molecule has 29 heavy (non-hydrogen) atoms. The van der Waals surface area contributed by atoms with Crippen LogP contribution in [-0.4, -0.2) is 58.3 Å². The summed E-state index contributed by atoms with van der Waals surface area (Å²) in [7, 11) is 1.76. The predicted octanol–water partition coefficient (Wildman–Crippen LogP) is 2.44. The number of aliphatic hydroxyl groups excluding tert-OH is 1. The van der Waals surface area contributed by atoms with Gasteiger partial charge in [-0.05, 0) is 62.2 Å². The Morgan fingerprint density at radius 1 is 1.10 bits per heavy atom. The monoisotopic (exact) mass is 400 g/mol. The lowest BCUT2D eigenvalue weighted by molar-refractivity contribution is 0.0692. The summed E-state index contributed by atoms with van der Waals surface area (Å²) in [5.74, 6) is -1.48. The topological polar surface area (TPSA) is 110 Å². The van der Waals surface area contributed by atoms with Crippen LogP contribution >= 0.6 is 0 Å². The summed E-state index contributed by atoms with van der Waals surface area (Å²) in [4.78, 5) is 24.9. The highest BCUT2D eigenvalue weighted by molar-refractivity contribution is 5.94. The van der Waals surface area contributed by atoms with E-state index in [1.54, 1.807) is 42.3 Å². The van der Waals surface area contributed by atoms with Crippen molar-refractivity contribution in [2.24, 2.45) is 0 Å². The number of benzene rings is 2. The minimum Gasteiger partial charge on any atom is -0.507 e. The van der Waals surface area contributed by atoms with Crippen LogP contribution in [0.5, 0.6) is 5.75 Å². The van der Waals surface area contributed by atoms with Crippen molar-refractivity contribution in [2.75, 3.05) is 20.1 Å². The Morgan fingerprint density at radius 3 is 2.31 bits per heavy atom. The Balaban J connectivity index is 1.83. The molecule has 0 bridgehead atoms. The van der Waals surface area contributed by atoms with E-state index in [-0.39, 0.29) is 23.3 Å². The second-order valence-electron chi connectivity index (χ2n) is 7.26. The Labute approximate surface area is 170 Å². The lowest BCUT2D eigenvalue weighted by Crippen LogP contribution is -2.32. The lowest BCUT2D eigenvalue weighted by atomic mass is 10.1. The van der Waals surface area contributed by atoms with Gasteiger partial charge < -0.3 is 25.5 Å². The predicted molar refractivity (Wildman–Crippen MR) is 110 cm³/mol. The van der Waals surface area contributed by atoms with Crippen LogP contribution in [0.3, 0.4) is 0 Å². The van der Waals surface area contributed by atoms with E-state index in [4.69, 9.17) is 5.11 Å². The molecule has 0 aliphatic rings. The van der Waals surface area contributed by atoms with E-state index in [2.05, 4.69) is 5.32 Å². The van der Waals surface area contributed by atoms with Gasteiger partial charge in [-0.3, -0.25) is 4.79 Å². The number of nitrogens with zero attached hydrogens (tertiary/aromatic N) is 1. The molecule has 1 amide bonds. The second kappa shape index (κ2) is 10.0. The zero-order chi connectivity index (χ0) is 21.6. The first-order valence-corrected chi connectivity index (χ1v) is 9.51. The minimum atomic E-state index is -1.17. The van der Waals surface area contributed by atoms with E-state index < -0.39 is 12.1 Å². The molecular formula is C22H28N2O5. The van der Waals surface area contributed by atoms with Crippen molar-refractivity contribution in [1.82, 2.24) is 10.2 Å². The molecule has 1 unspecified atom stereocenters. The molecule has 156 valence electrons. The number of carboxylic acid groups (broad SMARTS) is 1. The van der Waals surface area contributed by atoms with E-state index in [1.807, 2.05) is 13.8 Å². The summed E-state index contributed by atoms with van der Waals surface area (Å²) in [5, 5.41) is 32.1. The number of aromatic hydroxyl groups is 1. The molecule has 0 fully saturated rings. The van der Waals surface area contributed by atoms with Crippen LogP contribution in [0, 0.1) is 0 Å². The van der Waals surface area contributed by atoms with Crippen LogP contribution in [0.2, 0.25) is 0 Å². The van der Waals surface area contributed by atoms with Crippen molar-refractivity contribution in [3.63, 3.8) is 0 Å². The molecule has 0 aliphatic carbocycles. The second-order valence-corrected chi connectivity index (χ2v) is 7.26. The number of aliphatic hydroxyl groups is 1. The lowest BCUT2D eigenvalue weighted by Gasteiger charge is -2.21. The van der Waals surface area contributed by atoms with Crippen LogP contribution in [0.25, 0.3) is 0 Å². The highest BCUT2D eigenvalue weighted by atomic mass is 16.4. The first-order valence-electron chi connectivity index (χ1n) is 9.51. The molecule has 0 saturated heterocycles. The van der Waals surface area contributed by atoms with Gasteiger partial charge in [0.2, 0.25) is 0 Å². The van der Waals surface area contributed by atoms with Crippen molar-refractivity contribution in [3.05, 3.63) is 64.7 Å². The number of nitrogens with one attached hydrogen (secondary N) is 1. The number of hydrogen-bond donors (Lipinski definition) is 4. The maximum atomic E-state index is 12.3. The molecule has 7 nitrogen and oxygen atoms in total. The van der Waals surface area contributed by atoms with Gasteiger partial charge in [-0.15, -0.1) is 0 Å². The number of amides is 1. The highest BCUT2D eigenvalue weighted by Crippen LogP contribution is 2.19. The maximum Gasteiger partial charge on any atom is 0.339 e. The zero-order valence-corrected chi connectivity index (χ0v) is 16.9. The molecule has 4 N–H and O–H groups in total. The third-order valence-electron chi connectivity index (χ3n) is 4.86. The van der Waals surface area contributed by atoms with Crippen LogP contribution in [0.1, 0.15) is 51.8 Å². The largest absolute Gasteiger partial charge is 0.507 e. The average Bonchev–Trinajstić information content (AvgIpc) is 2.69. The summed E-state index contributed by atoms with van der Waals surface area (Å²) >= 11 is 0. The molecule has 0 spiro atoms. The third kappa shape index (κ3) is 6.04. The van der Waals surface area contributed by atoms with Gasteiger partial charge in [0.05, 0.1) is 6.10 Å². The van der Waals surface area contributed by atoms with Gasteiger partial charge in [0.25, 0.3) is 5.91 Å². The van der Waals surface area contributed by atoms with Crippen molar-refractivity contribution < 1.29 is 24.9 Å². The van der Waals surface area contributed by atoms with Gasteiger partial charge >= 0.3 is 5.97 Å². The fourth-order valence-corrected chi connectivity index (χ4v) is 2.79. The van der Waals surface area contributed by atoms with Crippen LogP contribution in [0.4, 0.5) is 0 Å². The van der Waals surface area contributed by atoms with Crippen molar-refractivity contribution >= 4 is 11.9 Å². The van der Waals surface area contributed by atoms with Crippen molar-refractivity contribution in [3.8, 4) is 5.75 Å². The number of carboxylic acids is 1. The van der Waals surface area contributed by atoms with E-state index in [0.717, 1.165) is 5.56 Å². The number of phenols is 1. The molecule has 0 radical (unpaired) electrons. The first-order chi connectivity index (χ1) is 13.7. The molecule has 2 rings (SSSR count). The van der Waals surface area contributed by atoms with Gasteiger partial charge in [0.1, 0.15) is 11.3 Å². The summed E-state index contributed by atoms with van der Waals surface area (Å²) in [6.07, 6.45) is -0.139. The van der Waals surface area contributed by atoms with E-state index in [1.165, 1.54) is 12.1 Å². The number of carbonyl (C=O) groups is 2. The Morgan fingerprint density at radius 2 is 1.76 bits per heavy atom. The Kier molecular flexibility index (Phi) is 7.75. The first kappa shape index (κ1) is 22.4. The molecule has 2 aromatic rings. The summed E-state index contributed by atoms with van der Waals surface area (Å²) in [6, 6.07) is 11.5. The Hall–Kier alpha value is -2.90. The molecule has 0 aromatic heterocycles. The van der Waals surface area contributed by atoms with Gasteiger partial charge in [-0.1, -0.05) is 18.2 Å². The number of rotatable bonds is 9. The molecule has 0 aliphatic heterocycles. The molecule has 7 heteroatoms. The van der Waals surface area contributed by atoms with Crippen molar-refractivity contribution in [1.29, 1.82) is 0 Å². The molecule has 1 atom stereocenters. The van der Waals surface area contributed by atoms with E-state index in [0.29, 0.717) is 30.6 Å². The molecule has 0 saturated carbocycles. The number of carbonyl (C=O) groups excluding carboxylic acids is 1. The normalized spacial score (nSPS) is 12.0. The van der Waals surface area contributed by atoms with Gasteiger partial charge in [0.15, 0.2) is 0 Å². The fourth-order valence-electron chi connectivity index (χ4n) is 2.79. The van der Waals surface area contributed by atoms with Gasteiger partial charge in [-0.25, -0.2) is 4.79 Å². The zero-order valence-electron chi connectivity index (χ0n) is 16.9. The smallest absolute Gasteiger partial charge is 0.339 e. The standard InChI is InChI=1S/C22H28N2O5/c1-14(2)24(3)21(27)17-7-5-16(6-8-17)20(26)13-23-11-10-15-4-9-18(22(28)29)19(25)12-15/h4-9,12,14,20,23,25-26H,10-11,13H2,1-3H3,(H,28,29). The Bertz CT molecular complexity index is 849.